The van der Waals surface area contributed by atoms with Gasteiger partial charge in [0.05, 0.1) is 18.8 Å². The highest BCUT2D eigenvalue weighted by Gasteiger charge is 2.11. The van der Waals surface area contributed by atoms with E-state index in [0.29, 0.717) is 26.3 Å². The lowest BCUT2D eigenvalue weighted by Gasteiger charge is -2.15. The first-order valence-corrected chi connectivity index (χ1v) is 11.1. The fourth-order valence-corrected chi connectivity index (χ4v) is 4.04. The molecule has 0 aliphatic rings. The lowest BCUT2D eigenvalue weighted by Crippen LogP contribution is -2.36. The van der Waals surface area contributed by atoms with Gasteiger partial charge in [0.25, 0.3) is 0 Å². The molecule has 2 aromatic carbocycles. The summed E-state index contributed by atoms with van der Waals surface area (Å²) in [6.07, 6.45) is 0. The maximum atomic E-state index is 5.88. The molecule has 3 aromatic rings. The minimum Gasteiger partial charge on any atom is -0.491 e. The van der Waals surface area contributed by atoms with E-state index in [9.17, 15) is 0 Å². The number of aromatic nitrogens is 1. The Morgan fingerprint density at radius 1 is 1.03 bits per heavy atom. The molecule has 0 saturated heterocycles. The van der Waals surface area contributed by atoms with Gasteiger partial charge in [-0.05, 0) is 25.5 Å². The van der Waals surface area contributed by atoms with E-state index in [-0.39, 0.29) is 0 Å². The Morgan fingerprint density at radius 2 is 1.81 bits per heavy atom. The van der Waals surface area contributed by atoms with Crippen molar-refractivity contribution in [3.8, 4) is 16.3 Å². The third-order valence-electron chi connectivity index (χ3n) is 4.77. The van der Waals surface area contributed by atoms with Crippen molar-refractivity contribution in [1.29, 1.82) is 0 Å². The first kappa shape index (κ1) is 22.8. The minimum atomic E-state index is 0.522. The number of rotatable bonds is 9. The summed E-state index contributed by atoms with van der Waals surface area (Å²) in [5, 5.41) is 7.81. The van der Waals surface area contributed by atoms with Crippen LogP contribution in [0.3, 0.4) is 0 Å². The average Bonchev–Trinajstić information content (AvgIpc) is 3.16. The van der Waals surface area contributed by atoms with Crippen LogP contribution in [0.2, 0.25) is 0 Å². The van der Waals surface area contributed by atoms with Crippen LogP contribution < -0.4 is 15.4 Å². The molecule has 0 bridgehead atoms. The lowest BCUT2D eigenvalue weighted by molar-refractivity contribution is 0.145. The molecule has 31 heavy (non-hydrogen) atoms. The number of aryl methyl sites for hydroxylation is 2. The molecular formula is C24H30N4O2S. The summed E-state index contributed by atoms with van der Waals surface area (Å²) in [6.45, 7) is 6.46. The number of thiazole rings is 1. The SMILES string of the molecule is CN=C(NCc1ccc(C)cc1OCCOC)NCc1sc(-c2ccccc2)nc1C. The normalized spacial score (nSPS) is 11.4. The Bertz CT molecular complexity index is 1000. The van der Waals surface area contributed by atoms with Gasteiger partial charge in [-0.3, -0.25) is 4.99 Å². The van der Waals surface area contributed by atoms with Crippen molar-refractivity contribution in [2.24, 2.45) is 4.99 Å². The molecule has 0 aliphatic carbocycles. The molecule has 0 radical (unpaired) electrons. The van der Waals surface area contributed by atoms with Crippen LogP contribution in [0.25, 0.3) is 10.6 Å². The molecule has 0 atom stereocenters. The van der Waals surface area contributed by atoms with Crippen molar-refractivity contribution in [3.63, 3.8) is 0 Å². The fourth-order valence-electron chi connectivity index (χ4n) is 3.04. The van der Waals surface area contributed by atoms with Crippen LogP contribution in [-0.4, -0.2) is 38.3 Å². The summed E-state index contributed by atoms with van der Waals surface area (Å²) in [5.74, 6) is 1.60. The summed E-state index contributed by atoms with van der Waals surface area (Å²) in [5.41, 5.74) is 4.42. The maximum Gasteiger partial charge on any atom is 0.191 e. The number of hydrogen-bond donors (Lipinski definition) is 2. The highest BCUT2D eigenvalue weighted by atomic mass is 32.1. The Kier molecular flexibility index (Phi) is 8.44. The summed E-state index contributed by atoms with van der Waals surface area (Å²) >= 11 is 1.71. The fraction of sp³-hybridized carbons (Fsp3) is 0.333. The second-order valence-corrected chi connectivity index (χ2v) is 8.21. The molecule has 2 N–H and O–H groups in total. The van der Waals surface area contributed by atoms with Gasteiger partial charge in [0, 0.05) is 36.7 Å². The van der Waals surface area contributed by atoms with Gasteiger partial charge >= 0.3 is 0 Å². The van der Waals surface area contributed by atoms with E-state index < -0.39 is 0 Å². The summed E-state index contributed by atoms with van der Waals surface area (Å²) in [4.78, 5) is 10.3. The van der Waals surface area contributed by atoms with Gasteiger partial charge in [0.15, 0.2) is 5.96 Å². The molecule has 0 fully saturated rings. The molecule has 0 amide bonds. The van der Waals surface area contributed by atoms with Gasteiger partial charge in [0.1, 0.15) is 17.4 Å². The maximum absolute atomic E-state index is 5.88. The molecule has 1 heterocycles. The summed E-state index contributed by atoms with van der Waals surface area (Å²) in [6, 6.07) is 16.5. The van der Waals surface area contributed by atoms with Crippen LogP contribution in [0.1, 0.15) is 21.7 Å². The predicted molar refractivity (Wildman–Crippen MR) is 128 cm³/mol. The molecule has 0 saturated carbocycles. The third-order valence-corrected chi connectivity index (χ3v) is 5.97. The zero-order valence-corrected chi connectivity index (χ0v) is 19.4. The van der Waals surface area contributed by atoms with Gasteiger partial charge in [0.2, 0.25) is 0 Å². The molecule has 164 valence electrons. The second kappa shape index (κ2) is 11.5. The van der Waals surface area contributed by atoms with Gasteiger partial charge < -0.3 is 20.1 Å². The van der Waals surface area contributed by atoms with Gasteiger partial charge in [-0.1, -0.05) is 42.5 Å². The predicted octanol–water partition coefficient (Wildman–Crippen LogP) is 4.32. The molecule has 1 aromatic heterocycles. The minimum absolute atomic E-state index is 0.522. The van der Waals surface area contributed by atoms with Crippen molar-refractivity contribution in [3.05, 3.63) is 70.2 Å². The van der Waals surface area contributed by atoms with E-state index in [2.05, 4.69) is 52.9 Å². The lowest BCUT2D eigenvalue weighted by atomic mass is 10.1. The number of benzene rings is 2. The van der Waals surface area contributed by atoms with Crippen molar-refractivity contribution < 1.29 is 9.47 Å². The number of aliphatic imine (C=N–C) groups is 1. The number of ether oxygens (including phenoxy) is 2. The van der Waals surface area contributed by atoms with Crippen LogP contribution in [-0.2, 0) is 17.8 Å². The van der Waals surface area contributed by atoms with Gasteiger partial charge in [-0.2, -0.15) is 0 Å². The Balaban J connectivity index is 1.59. The first-order valence-electron chi connectivity index (χ1n) is 10.3. The van der Waals surface area contributed by atoms with Crippen molar-refractivity contribution >= 4 is 17.3 Å². The summed E-state index contributed by atoms with van der Waals surface area (Å²) in [7, 11) is 3.45. The number of nitrogens with one attached hydrogen (secondary N) is 2. The Hall–Kier alpha value is -2.90. The van der Waals surface area contributed by atoms with Crippen molar-refractivity contribution in [1.82, 2.24) is 15.6 Å². The largest absolute Gasteiger partial charge is 0.491 e. The number of guanidine groups is 1. The monoisotopic (exact) mass is 438 g/mol. The van der Waals surface area contributed by atoms with E-state index in [0.717, 1.165) is 39.1 Å². The van der Waals surface area contributed by atoms with Crippen LogP contribution in [0.4, 0.5) is 0 Å². The number of methoxy groups -OCH3 is 1. The number of hydrogen-bond acceptors (Lipinski definition) is 5. The van der Waals surface area contributed by atoms with E-state index >= 15 is 0 Å². The Labute approximate surface area is 188 Å². The van der Waals surface area contributed by atoms with Crippen molar-refractivity contribution in [2.45, 2.75) is 26.9 Å². The smallest absolute Gasteiger partial charge is 0.191 e. The molecule has 6 nitrogen and oxygen atoms in total. The molecule has 0 unspecified atom stereocenters. The van der Waals surface area contributed by atoms with Crippen LogP contribution in [0.15, 0.2) is 53.5 Å². The van der Waals surface area contributed by atoms with Crippen LogP contribution in [0.5, 0.6) is 5.75 Å². The molecular weight excluding hydrogens is 408 g/mol. The van der Waals surface area contributed by atoms with E-state index in [1.807, 2.05) is 25.1 Å². The van der Waals surface area contributed by atoms with Gasteiger partial charge in [-0.15, -0.1) is 11.3 Å². The standard InChI is InChI=1S/C24H30N4O2S/c1-17-10-11-20(21(14-17)30-13-12-29-4)15-26-24(25-3)27-16-22-18(2)28-23(31-22)19-8-6-5-7-9-19/h5-11,14H,12-13,15-16H2,1-4H3,(H2,25,26,27). The second-order valence-electron chi connectivity index (χ2n) is 7.13. The quantitative estimate of drug-likeness (QED) is 0.296. The van der Waals surface area contributed by atoms with Gasteiger partial charge in [-0.25, -0.2) is 4.98 Å². The average molecular weight is 439 g/mol. The molecule has 7 heteroatoms. The zero-order valence-electron chi connectivity index (χ0n) is 18.6. The topological polar surface area (TPSA) is 67.8 Å². The van der Waals surface area contributed by atoms with E-state index in [4.69, 9.17) is 14.5 Å². The van der Waals surface area contributed by atoms with E-state index in [1.165, 1.54) is 4.88 Å². The highest BCUT2D eigenvalue weighted by molar-refractivity contribution is 7.15. The molecule has 0 spiro atoms. The first-order chi connectivity index (χ1) is 15.1. The van der Waals surface area contributed by atoms with E-state index in [1.54, 1.807) is 25.5 Å². The zero-order chi connectivity index (χ0) is 22.1. The third kappa shape index (κ3) is 6.54. The number of nitrogens with zero attached hydrogens (tertiary/aromatic N) is 2. The van der Waals surface area contributed by atoms with Crippen LogP contribution in [0, 0.1) is 13.8 Å². The van der Waals surface area contributed by atoms with Crippen molar-refractivity contribution in [2.75, 3.05) is 27.4 Å². The summed E-state index contributed by atoms with van der Waals surface area (Å²) < 4.78 is 11.0. The Morgan fingerprint density at radius 3 is 2.55 bits per heavy atom. The van der Waals surface area contributed by atoms with Crippen LogP contribution >= 0.6 is 11.3 Å². The molecule has 3 rings (SSSR count). The molecule has 0 aliphatic heterocycles. The highest BCUT2D eigenvalue weighted by Crippen LogP contribution is 2.27.